The van der Waals surface area contributed by atoms with E-state index in [-0.39, 0.29) is 18.1 Å². The summed E-state index contributed by atoms with van der Waals surface area (Å²) >= 11 is 3.43. The van der Waals surface area contributed by atoms with E-state index in [4.69, 9.17) is 9.47 Å². The first-order chi connectivity index (χ1) is 16.8. The van der Waals surface area contributed by atoms with E-state index >= 15 is 0 Å². The standard InChI is InChI=1S/C27H24BrN3O4/c1-17-8-10-21(11-9-17)30-27(33)20(15-29)12-19-13-22(28)26(24(14-19)34-3)35-16-25(32)31-23-7-5-4-6-18(23)2/h4-14H,16H2,1-3H3,(H,30,33)(H,31,32)/b20-12-. The van der Waals surface area contributed by atoms with Crippen molar-refractivity contribution in [2.24, 2.45) is 0 Å². The second-order valence-corrected chi connectivity index (χ2v) is 8.53. The molecule has 7 nitrogen and oxygen atoms in total. The minimum Gasteiger partial charge on any atom is -0.493 e. The highest BCUT2D eigenvalue weighted by molar-refractivity contribution is 9.10. The molecule has 2 N–H and O–H groups in total. The number of benzene rings is 3. The van der Waals surface area contributed by atoms with Gasteiger partial charge in [-0.2, -0.15) is 5.26 Å². The van der Waals surface area contributed by atoms with E-state index in [1.165, 1.54) is 13.2 Å². The summed E-state index contributed by atoms with van der Waals surface area (Å²) in [5, 5.41) is 15.0. The van der Waals surface area contributed by atoms with Crippen LogP contribution in [0.5, 0.6) is 11.5 Å². The van der Waals surface area contributed by atoms with E-state index < -0.39 is 5.91 Å². The summed E-state index contributed by atoms with van der Waals surface area (Å²) < 4.78 is 11.6. The fourth-order valence-corrected chi connectivity index (χ4v) is 3.73. The number of rotatable bonds is 8. The average molecular weight is 534 g/mol. The molecule has 0 saturated heterocycles. The van der Waals surface area contributed by atoms with Crippen molar-refractivity contribution < 1.29 is 19.1 Å². The third-order valence-corrected chi connectivity index (χ3v) is 5.59. The molecule has 0 heterocycles. The number of ether oxygens (including phenoxy) is 2. The van der Waals surface area contributed by atoms with Crippen molar-refractivity contribution in [3.63, 3.8) is 0 Å². The molecule has 3 aromatic carbocycles. The smallest absolute Gasteiger partial charge is 0.266 e. The molecule has 0 aromatic heterocycles. The molecule has 0 aliphatic rings. The van der Waals surface area contributed by atoms with Crippen LogP contribution >= 0.6 is 15.9 Å². The van der Waals surface area contributed by atoms with Crippen LogP contribution in [-0.4, -0.2) is 25.5 Å². The number of nitrogens with zero attached hydrogens (tertiary/aromatic N) is 1. The molecule has 0 aliphatic heterocycles. The minimum atomic E-state index is -0.528. The number of nitriles is 1. The Labute approximate surface area is 212 Å². The summed E-state index contributed by atoms with van der Waals surface area (Å²) in [6, 6.07) is 19.9. The Morgan fingerprint density at radius 1 is 1.06 bits per heavy atom. The fourth-order valence-electron chi connectivity index (χ4n) is 3.15. The molecular weight excluding hydrogens is 510 g/mol. The van der Waals surface area contributed by atoms with E-state index in [1.807, 2.05) is 56.3 Å². The van der Waals surface area contributed by atoms with E-state index in [2.05, 4.69) is 26.6 Å². The lowest BCUT2D eigenvalue weighted by Gasteiger charge is -2.14. The number of anilines is 2. The fraction of sp³-hybridized carbons (Fsp3) is 0.148. The topological polar surface area (TPSA) is 100 Å². The van der Waals surface area contributed by atoms with Crippen molar-refractivity contribution >= 4 is 45.2 Å². The van der Waals surface area contributed by atoms with Crippen molar-refractivity contribution in [1.29, 1.82) is 5.26 Å². The van der Waals surface area contributed by atoms with Crippen LogP contribution in [0.3, 0.4) is 0 Å². The molecule has 3 aromatic rings. The Balaban J connectivity index is 1.74. The molecule has 8 heteroatoms. The first-order valence-corrected chi connectivity index (χ1v) is 11.5. The van der Waals surface area contributed by atoms with Gasteiger partial charge in [-0.05, 0) is 77.3 Å². The first kappa shape index (κ1) is 25.5. The normalized spacial score (nSPS) is 10.8. The second kappa shape index (κ2) is 11.9. The Hall–Kier alpha value is -4.09. The number of aryl methyl sites for hydroxylation is 2. The Bertz CT molecular complexity index is 1310. The van der Waals surface area contributed by atoms with Crippen LogP contribution in [-0.2, 0) is 9.59 Å². The van der Waals surface area contributed by atoms with E-state index in [9.17, 15) is 14.9 Å². The monoisotopic (exact) mass is 533 g/mol. The molecule has 0 bridgehead atoms. The van der Waals surface area contributed by atoms with Crippen LogP contribution in [0.25, 0.3) is 6.08 Å². The summed E-state index contributed by atoms with van der Waals surface area (Å²) in [4.78, 5) is 24.9. The van der Waals surface area contributed by atoms with Crippen LogP contribution in [0.4, 0.5) is 11.4 Å². The number of amides is 2. The average Bonchev–Trinajstić information content (AvgIpc) is 2.84. The van der Waals surface area contributed by atoms with Gasteiger partial charge in [0.1, 0.15) is 11.6 Å². The number of carbonyl (C=O) groups is 2. The Morgan fingerprint density at radius 2 is 1.77 bits per heavy atom. The third-order valence-electron chi connectivity index (χ3n) is 5.00. The lowest BCUT2D eigenvalue weighted by Crippen LogP contribution is -2.21. The van der Waals surface area contributed by atoms with Crippen molar-refractivity contribution in [3.05, 3.63) is 87.4 Å². The van der Waals surface area contributed by atoms with Crippen LogP contribution in [0.15, 0.2) is 70.7 Å². The SMILES string of the molecule is COc1cc(/C=C(/C#N)C(=O)Nc2ccc(C)cc2)cc(Br)c1OCC(=O)Nc1ccccc1C. The molecule has 0 aliphatic carbocycles. The number of hydrogen-bond acceptors (Lipinski definition) is 5. The van der Waals surface area contributed by atoms with Gasteiger partial charge in [0, 0.05) is 11.4 Å². The molecule has 35 heavy (non-hydrogen) atoms. The maximum atomic E-state index is 12.6. The van der Waals surface area contributed by atoms with Crippen molar-refractivity contribution in [2.45, 2.75) is 13.8 Å². The number of nitrogens with one attached hydrogen (secondary N) is 2. The highest BCUT2D eigenvalue weighted by Gasteiger charge is 2.16. The van der Waals surface area contributed by atoms with Gasteiger partial charge in [-0.1, -0.05) is 35.9 Å². The molecule has 0 radical (unpaired) electrons. The third kappa shape index (κ3) is 6.95. The summed E-state index contributed by atoms with van der Waals surface area (Å²) in [6.07, 6.45) is 1.45. The summed E-state index contributed by atoms with van der Waals surface area (Å²) in [6.45, 7) is 3.61. The largest absolute Gasteiger partial charge is 0.493 e. The Morgan fingerprint density at radius 3 is 2.43 bits per heavy atom. The predicted molar refractivity (Wildman–Crippen MR) is 139 cm³/mol. The molecule has 0 unspecified atom stereocenters. The zero-order valence-electron chi connectivity index (χ0n) is 19.5. The molecule has 0 spiro atoms. The lowest BCUT2D eigenvalue weighted by molar-refractivity contribution is -0.118. The zero-order valence-corrected chi connectivity index (χ0v) is 21.1. The number of halogens is 1. The minimum absolute atomic E-state index is 0.0780. The number of methoxy groups -OCH3 is 1. The maximum Gasteiger partial charge on any atom is 0.266 e. The van der Waals surface area contributed by atoms with Crippen molar-refractivity contribution in [1.82, 2.24) is 0 Å². The molecule has 0 fully saturated rings. The van der Waals surface area contributed by atoms with Gasteiger partial charge in [0.15, 0.2) is 18.1 Å². The first-order valence-electron chi connectivity index (χ1n) is 10.7. The summed E-state index contributed by atoms with van der Waals surface area (Å²) in [5.74, 6) is -0.186. The van der Waals surface area contributed by atoms with Gasteiger partial charge in [-0.3, -0.25) is 9.59 Å². The lowest BCUT2D eigenvalue weighted by atomic mass is 10.1. The van der Waals surface area contributed by atoms with Gasteiger partial charge in [0.2, 0.25) is 0 Å². The summed E-state index contributed by atoms with van der Waals surface area (Å²) in [5.41, 5.74) is 3.77. The number of carbonyl (C=O) groups excluding carboxylic acids is 2. The van der Waals surface area contributed by atoms with E-state index in [0.29, 0.717) is 32.9 Å². The number of para-hydroxylation sites is 1. The maximum absolute atomic E-state index is 12.6. The Kier molecular flexibility index (Phi) is 8.65. The van der Waals surface area contributed by atoms with Crippen LogP contribution in [0.1, 0.15) is 16.7 Å². The molecule has 3 rings (SSSR count). The van der Waals surface area contributed by atoms with Crippen molar-refractivity contribution in [2.75, 3.05) is 24.4 Å². The zero-order chi connectivity index (χ0) is 25.4. The molecule has 2 amide bonds. The summed E-state index contributed by atoms with van der Waals surface area (Å²) in [7, 11) is 1.46. The predicted octanol–water partition coefficient (Wildman–Crippen LogP) is 5.64. The molecule has 0 saturated carbocycles. The molecular formula is C27H24BrN3O4. The van der Waals surface area contributed by atoms with Gasteiger partial charge in [-0.15, -0.1) is 0 Å². The highest BCUT2D eigenvalue weighted by atomic mass is 79.9. The van der Waals surface area contributed by atoms with Gasteiger partial charge in [0.25, 0.3) is 11.8 Å². The van der Waals surface area contributed by atoms with E-state index in [0.717, 1.165) is 11.1 Å². The van der Waals surface area contributed by atoms with E-state index in [1.54, 1.807) is 24.3 Å². The van der Waals surface area contributed by atoms with Crippen LogP contribution < -0.4 is 20.1 Å². The van der Waals surface area contributed by atoms with Gasteiger partial charge in [-0.25, -0.2) is 0 Å². The van der Waals surface area contributed by atoms with Gasteiger partial charge < -0.3 is 20.1 Å². The van der Waals surface area contributed by atoms with Crippen LogP contribution in [0, 0.1) is 25.2 Å². The van der Waals surface area contributed by atoms with Gasteiger partial charge >= 0.3 is 0 Å². The highest BCUT2D eigenvalue weighted by Crippen LogP contribution is 2.37. The second-order valence-electron chi connectivity index (χ2n) is 7.68. The number of hydrogen-bond donors (Lipinski definition) is 2. The molecule has 0 atom stereocenters. The van der Waals surface area contributed by atoms with Crippen LogP contribution in [0.2, 0.25) is 0 Å². The van der Waals surface area contributed by atoms with Gasteiger partial charge in [0.05, 0.1) is 11.6 Å². The molecule has 178 valence electrons. The quantitative estimate of drug-likeness (QED) is 0.288. The van der Waals surface area contributed by atoms with Crippen molar-refractivity contribution in [3.8, 4) is 17.6 Å².